The van der Waals surface area contributed by atoms with E-state index in [2.05, 4.69) is 26.2 Å². The summed E-state index contributed by atoms with van der Waals surface area (Å²) in [4.78, 5) is 4.12. The molecule has 0 aliphatic heterocycles. The van der Waals surface area contributed by atoms with E-state index < -0.39 is 0 Å². The maximum Gasteiger partial charge on any atom is 0.126 e. The molecule has 2 N–H and O–H groups in total. The summed E-state index contributed by atoms with van der Waals surface area (Å²) in [7, 11) is 1.60. The van der Waals surface area contributed by atoms with Crippen LogP contribution in [0, 0.1) is 0 Å². The Morgan fingerprint density at radius 2 is 2.43 bits per heavy atom. The van der Waals surface area contributed by atoms with Crippen LogP contribution in [0.4, 0.5) is 5.82 Å². The molecule has 0 saturated heterocycles. The largest absolute Gasteiger partial charge is 0.394 e. The highest BCUT2D eigenvalue weighted by atomic mass is 79.9. The van der Waals surface area contributed by atoms with Crippen molar-refractivity contribution in [3.05, 3.63) is 22.8 Å². The minimum absolute atomic E-state index is 0.0194. The number of hydrogen-bond donors (Lipinski definition) is 2. The molecule has 0 fully saturated rings. The van der Waals surface area contributed by atoms with Crippen molar-refractivity contribution in [3.8, 4) is 0 Å². The lowest BCUT2D eigenvalue weighted by atomic mass is 10.3. The van der Waals surface area contributed by atoms with Gasteiger partial charge in [0.15, 0.2) is 0 Å². The van der Waals surface area contributed by atoms with Crippen LogP contribution in [-0.4, -0.2) is 36.5 Å². The van der Waals surface area contributed by atoms with Gasteiger partial charge in [0.1, 0.15) is 5.82 Å². The fourth-order valence-electron chi connectivity index (χ4n) is 1.01. The molecule has 0 radical (unpaired) electrons. The third-order valence-electron chi connectivity index (χ3n) is 1.67. The summed E-state index contributed by atoms with van der Waals surface area (Å²) in [6.07, 6.45) is 1.70. The van der Waals surface area contributed by atoms with Crippen molar-refractivity contribution in [2.24, 2.45) is 0 Å². The van der Waals surface area contributed by atoms with Gasteiger partial charge in [0.25, 0.3) is 0 Å². The molecule has 0 aliphatic carbocycles. The predicted molar refractivity (Wildman–Crippen MR) is 58.3 cm³/mol. The van der Waals surface area contributed by atoms with Crippen molar-refractivity contribution in [3.63, 3.8) is 0 Å². The van der Waals surface area contributed by atoms with E-state index in [0.29, 0.717) is 6.61 Å². The first-order valence-corrected chi connectivity index (χ1v) is 5.03. The normalized spacial score (nSPS) is 12.5. The van der Waals surface area contributed by atoms with Gasteiger partial charge >= 0.3 is 0 Å². The lowest BCUT2D eigenvalue weighted by Crippen LogP contribution is -2.29. The molecule has 1 atom stereocenters. The number of anilines is 1. The minimum atomic E-state index is -0.117. The fourth-order valence-corrected chi connectivity index (χ4v) is 1.25. The van der Waals surface area contributed by atoms with Crippen LogP contribution in [0.1, 0.15) is 0 Å². The molecule has 1 heterocycles. The zero-order chi connectivity index (χ0) is 10.4. The number of rotatable bonds is 5. The van der Waals surface area contributed by atoms with Gasteiger partial charge in [-0.1, -0.05) is 0 Å². The van der Waals surface area contributed by atoms with E-state index in [-0.39, 0.29) is 12.6 Å². The topological polar surface area (TPSA) is 54.4 Å². The van der Waals surface area contributed by atoms with Crippen LogP contribution in [-0.2, 0) is 4.74 Å². The number of methoxy groups -OCH3 is 1. The Hall–Kier alpha value is -0.650. The molecule has 1 rings (SSSR count). The quantitative estimate of drug-likeness (QED) is 0.837. The lowest BCUT2D eigenvalue weighted by molar-refractivity contribution is 0.153. The number of ether oxygens (including phenoxy) is 1. The minimum Gasteiger partial charge on any atom is -0.394 e. The van der Waals surface area contributed by atoms with Gasteiger partial charge in [-0.2, -0.15) is 0 Å². The van der Waals surface area contributed by atoms with Crippen LogP contribution in [0.5, 0.6) is 0 Å². The Balaban J connectivity index is 2.53. The highest BCUT2D eigenvalue weighted by Gasteiger charge is 2.06. The first-order valence-electron chi connectivity index (χ1n) is 4.24. The third kappa shape index (κ3) is 3.61. The molecule has 0 saturated carbocycles. The molecule has 1 unspecified atom stereocenters. The van der Waals surface area contributed by atoms with Crippen molar-refractivity contribution >= 4 is 21.7 Å². The predicted octanol–water partition coefficient (Wildman–Crippen LogP) is 1.26. The van der Waals surface area contributed by atoms with E-state index in [9.17, 15) is 0 Å². The van der Waals surface area contributed by atoms with E-state index in [1.54, 1.807) is 13.3 Å². The highest BCUT2D eigenvalue weighted by Crippen LogP contribution is 2.11. The van der Waals surface area contributed by atoms with Crippen molar-refractivity contribution in [1.82, 2.24) is 4.98 Å². The maximum absolute atomic E-state index is 8.99. The van der Waals surface area contributed by atoms with Crippen LogP contribution in [0.3, 0.4) is 0 Å². The lowest BCUT2D eigenvalue weighted by Gasteiger charge is -2.15. The first kappa shape index (κ1) is 11.4. The standard InChI is InChI=1S/C9H13BrN2O2/c1-14-6-8(5-13)12-9-3-2-7(10)4-11-9/h2-4,8,13H,5-6H2,1H3,(H,11,12). The Morgan fingerprint density at radius 1 is 1.64 bits per heavy atom. The zero-order valence-corrected chi connectivity index (χ0v) is 9.49. The Labute approximate surface area is 91.4 Å². The third-order valence-corrected chi connectivity index (χ3v) is 2.14. The smallest absolute Gasteiger partial charge is 0.126 e. The summed E-state index contributed by atoms with van der Waals surface area (Å²) in [5.41, 5.74) is 0. The number of pyridine rings is 1. The average molecular weight is 261 g/mol. The number of nitrogens with zero attached hydrogens (tertiary/aromatic N) is 1. The molecule has 1 aromatic rings. The average Bonchev–Trinajstić information content (AvgIpc) is 2.20. The zero-order valence-electron chi connectivity index (χ0n) is 7.90. The number of halogens is 1. The van der Waals surface area contributed by atoms with Crippen molar-refractivity contribution < 1.29 is 9.84 Å². The van der Waals surface area contributed by atoms with Crippen LogP contribution in [0.25, 0.3) is 0 Å². The summed E-state index contributed by atoms with van der Waals surface area (Å²) in [5.74, 6) is 0.726. The van der Waals surface area contributed by atoms with E-state index in [1.807, 2.05) is 12.1 Å². The van der Waals surface area contributed by atoms with Crippen LogP contribution in [0.15, 0.2) is 22.8 Å². The van der Waals surface area contributed by atoms with E-state index in [0.717, 1.165) is 10.3 Å². The highest BCUT2D eigenvalue weighted by molar-refractivity contribution is 9.10. The van der Waals surface area contributed by atoms with Gasteiger partial charge in [-0.3, -0.25) is 0 Å². The van der Waals surface area contributed by atoms with E-state index in [1.165, 1.54) is 0 Å². The molecule has 14 heavy (non-hydrogen) atoms. The number of aliphatic hydroxyl groups is 1. The SMILES string of the molecule is COCC(CO)Nc1ccc(Br)cn1. The molecule has 4 nitrogen and oxygen atoms in total. The molecule has 0 aliphatic rings. The number of nitrogens with one attached hydrogen (secondary N) is 1. The molecule has 0 amide bonds. The number of hydrogen-bond acceptors (Lipinski definition) is 4. The molecular weight excluding hydrogens is 248 g/mol. The monoisotopic (exact) mass is 260 g/mol. The molecule has 5 heteroatoms. The molecule has 0 aromatic carbocycles. The second-order valence-corrected chi connectivity index (χ2v) is 3.76. The molecule has 0 bridgehead atoms. The maximum atomic E-state index is 8.99. The Morgan fingerprint density at radius 3 is 2.93 bits per heavy atom. The molecule has 1 aromatic heterocycles. The van der Waals surface area contributed by atoms with E-state index in [4.69, 9.17) is 9.84 Å². The van der Waals surface area contributed by atoms with Gasteiger partial charge in [0, 0.05) is 17.8 Å². The van der Waals surface area contributed by atoms with E-state index >= 15 is 0 Å². The fraction of sp³-hybridized carbons (Fsp3) is 0.444. The van der Waals surface area contributed by atoms with Gasteiger partial charge < -0.3 is 15.2 Å². The van der Waals surface area contributed by atoms with Gasteiger partial charge in [0.2, 0.25) is 0 Å². The van der Waals surface area contributed by atoms with Crippen LogP contribution in [0.2, 0.25) is 0 Å². The summed E-state index contributed by atoms with van der Waals surface area (Å²) >= 11 is 3.30. The van der Waals surface area contributed by atoms with Gasteiger partial charge in [-0.25, -0.2) is 4.98 Å². The molecule has 78 valence electrons. The molecular formula is C9H13BrN2O2. The van der Waals surface area contributed by atoms with Crippen molar-refractivity contribution in [2.45, 2.75) is 6.04 Å². The van der Waals surface area contributed by atoms with Crippen LogP contribution < -0.4 is 5.32 Å². The second kappa shape index (κ2) is 5.95. The van der Waals surface area contributed by atoms with Crippen LogP contribution >= 0.6 is 15.9 Å². The van der Waals surface area contributed by atoms with Crippen molar-refractivity contribution in [2.75, 3.05) is 25.6 Å². The summed E-state index contributed by atoms with van der Waals surface area (Å²) < 4.78 is 5.86. The first-order chi connectivity index (χ1) is 6.76. The van der Waals surface area contributed by atoms with Gasteiger partial charge in [-0.05, 0) is 28.1 Å². The summed E-state index contributed by atoms with van der Waals surface area (Å²) in [6, 6.07) is 3.60. The van der Waals surface area contributed by atoms with Gasteiger partial charge in [0.05, 0.1) is 19.3 Å². The number of aromatic nitrogens is 1. The van der Waals surface area contributed by atoms with Gasteiger partial charge in [-0.15, -0.1) is 0 Å². The summed E-state index contributed by atoms with van der Waals surface area (Å²) in [6.45, 7) is 0.472. The van der Waals surface area contributed by atoms with Crippen molar-refractivity contribution in [1.29, 1.82) is 0 Å². The Kier molecular flexibility index (Phi) is 4.86. The second-order valence-electron chi connectivity index (χ2n) is 2.84. The Bertz CT molecular complexity index is 266. The number of aliphatic hydroxyl groups excluding tert-OH is 1. The molecule has 0 spiro atoms. The summed E-state index contributed by atoms with van der Waals surface area (Å²) in [5, 5.41) is 12.0.